The van der Waals surface area contributed by atoms with Crippen LogP contribution in [0.5, 0.6) is 0 Å². The first kappa shape index (κ1) is 13.5. The Balaban J connectivity index is 1.85. The molecule has 0 bridgehead atoms. The zero-order valence-electron chi connectivity index (χ0n) is 12.5. The van der Waals surface area contributed by atoms with E-state index in [4.69, 9.17) is 9.47 Å². The second kappa shape index (κ2) is 4.68. The number of carbonyl (C=O) groups is 1. The number of rotatable bonds is 4. The van der Waals surface area contributed by atoms with Gasteiger partial charge in [-0.1, -0.05) is 60.7 Å². The standard InChI is InChI=1S/C19H18O3/c1-14(20)21-19(17-10-6-3-7-11-17)18(22-19,16-12-13-16)15-8-4-2-5-9-15/h2-11,16H,12-13H2,1H3. The maximum absolute atomic E-state index is 11.7. The largest absolute Gasteiger partial charge is 0.425 e. The molecule has 2 aromatic carbocycles. The summed E-state index contributed by atoms with van der Waals surface area (Å²) in [6.07, 6.45) is 2.20. The highest BCUT2D eigenvalue weighted by Gasteiger charge is 2.80. The molecule has 0 radical (unpaired) electrons. The van der Waals surface area contributed by atoms with Gasteiger partial charge in [0.25, 0.3) is 5.79 Å². The Kier molecular flexibility index (Phi) is 2.88. The van der Waals surface area contributed by atoms with Crippen molar-refractivity contribution in [2.45, 2.75) is 31.2 Å². The molecular formula is C19H18O3. The molecule has 2 aliphatic rings. The lowest BCUT2D eigenvalue weighted by molar-refractivity contribution is -0.157. The summed E-state index contributed by atoms with van der Waals surface area (Å²) in [6.45, 7) is 1.44. The summed E-state index contributed by atoms with van der Waals surface area (Å²) in [6, 6.07) is 19.9. The van der Waals surface area contributed by atoms with Gasteiger partial charge >= 0.3 is 5.97 Å². The number of ether oxygens (including phenoxy) is 2. The summed E-state index contributed by atoms with van der Waals surface area (Å²) in [4.78, 5) is 11.7. The fourth-order valence-electron chi connectivity index (χ4n) is 3.50. The third-order valence-electron chi connectivity index (χ3n) is 4.55. The van der Waals surface area contributed by atoms with Crippen molar-refractivity contribution < 1.29 is 14.3 Å². The second-order valence-corrected chi connectivity index (χ2v) is 6.05. The summed E-state index contributed by atoms with van der Waals surface area (Å²) in [7, 11) is 0. The highest BCUT2D eigenvalue weighted by molar-refractivity contribution is 5.67. The van der Waals surface area contributed by atoms with Gasteiger partial charge in [0, 0.05) is 12.5 Å². The van der Waals surface area contributed by atoms with Crippen LogP contribution < -0.4 is 0 Å². The Morgan fingerprint density at radius 2 is 1.55 bits per heavy atom. The summed E-state index contributed by atoms with van der Waals surface area (Å²) in [5.74, 6) is -0.903. The van der Waals surface area contributed by atoms with Gasteiger partial charge in [-0.05, 0) is 24.3 Å². The van der Waals surface area contributed by atoms with E-state index in [1.165, 1.54) is 6.92 Å². The van der Waals surface area contributed by atoms with E-state index in [9.17, 15) is 4.79 Å². The Labute approximate surface area is 129 Å². The molecule has 1 saturated heterocycles. The lowest BCUT2D eigenvalue weighted by Crippen LogP contribution is -2.29. The second-order valence-electron chi connectivity index (χ2n) is 6.05. The van der Waals surface area contributed by atoms with Crippen LogP contribution in [-0.4, -0.2) is 5.97 Å². The van der Waals surface area contributed by atoms with Crippen LogP contribution in [0, 0.1) is 5.92 Å². The van der Waals surface area contributed by atoms with Crippen LogP contribution in [0.4, 0.5) is 0 Å². The van der Waals surface area contributed by atoms with Crippen LogP contribution in [0.15, 0.2) is 60.7 Å². The van der Waals surface area contributed by atoms with Crippen molar-refractivity contribution in [2.24, 2.45) is 5.92 Å². The molecule has 2 fully saturated rings. The minimum absolute atomic E-state index is 0.317. The van der Waals surface area contributed by atoms with Crippen LogP contribution in [0.3, 0.4) is 0 Å². The zero-order valence-corrected chi connectivity index (χ0v) is 12.5. The maximum Gasteiger partial charge on any atom is 0.305 e. The van der Waals surface area contributed by atoms with Crippen LogP contribution in [0.1, 0.15) is 30.9 Å². The van der Waals surface area contributed by atoms with E-state index >= 15 is 0 Å². The molecule has 3 heteroatoms. The third-order valence-corrected chi connectivity index (χ3v) is 4.55. The van der Waals surface area contributed by atoms with Gasteiger partial charge in [0.05, 0.1) is 0 Å². The van der Waals surface area contributed by atoms with Crippen LogP contribution in [0.2, 0.25) is 0 Å². The molecule has 1 heterocycles. The first-order valence-corrected chi connectivity index (χ1v) is 7.70. The lowest BCUT2D eigenvalue weighted by Gasteiger charge is -2.20. The van der Waals surface area contributed by atoms with Gasteiger partial charge < -0.3 is 9.47 Å². The average molecular weight is 294 g/mol. The minimum Gasteiger partial charge on any atom is -0.425 e. The molecule has 1 saturated carbocycles. The summed E-state index contributed by atoms with van der Waals surface area (Å²) >= 11 is 0. The normalized spacial score (nSPS) is 29.9. The van der Waals surface area contributed by atoms with Gasteiger partial charge in [-0.2, -0.15) is 0 Å². The monoisotopic (exact) mass is 294 g/mol. The van der Waals surface area contributed by atoms with Gasteiger partial charge in [0.15, 0.2) is 5.60 Å². The molecule has 2 aromatic rings. The Bertz CT molecular complexity index is 693. The van der Waals surface area contributed by atoms with E-state index in [0.717, 1.165) is 24.0 Å². The number of epoxide rings is 1. The van der Waals surface area contributed by atoms with E-state index < -0.39 is 11.4 Å². The quantitative estimate of drug-likeness (QED) is 0.637. The molecule has 2 atom stereocenters. The fourth-order valence-corrected chi connectivity index (χ4v) is 3.50. The first-order chi connectivity index (χ1) is 10.7. The molecule has 2 unspecified atom stereocenters. The molecule has 0 spiro atoms. The topological polar surface area (TPSA) is 38.8 Å². The number of hydrogen-bond donors (Lipinski definition) is 0. The first-order valence-electron chi connectivity index (χ1n) is 7.70. The zero-order chi connectivity index (χ0) is 15.2. The Morgan fingerprint density at radius 3 is 2.05 bits per heavy atom. The number of esters is 1. The average Bonchev–Trinajstić information content (AvgIpc) is 3.43. The summed E-state index contributed by atoms with van der Waals surface area (Å²) in [5, 5.41) is 0. The lowest BCUT2D eigenvalue weighted by atomic mass is 9.85. The molecule has 1 aliphatic heterocycles. The predicted molar refractivity (Wildman–Crippen MR) is 81.8 cm³/mol. The van der Waals surface area contributed by atoms with Crippen molar-refractivity contribution in [3.63, 3.8) is 0 Å². The van der Waals surface area contributed by atoms with E-state index in [1.54, 1.807) is 0 Å². The van der Waals surface area contributed by atoms with Gasteiger partial charge in [-0.3, -0.25) is 4.79 Å². The molecular weight excluding hydrogens is 276 g/mol. The summed E-state index contributed by atoms with van der Waals surface area (Å²) < 4.78 is 12.0. The predicted octanol–water partition coefficient (Wildman–Crippen LogP) is 3.74. The molecule has 0 aromatic heterocycles. The van der Waals surface area contributed by atoms with Crippen LogP contribution in [0.25, 0.3) is 0 Å². The molecule has 112 valence electrons. The van der Waals surface area contributed by atoms with Gasteiger partial charge in [-0.25, -0.2) is 0 Å². The maximum atomic E-state index is 11.7. The van der Waals surface area contributed by atoms with Gasteiger partial charge in [0.2, 0.25) is 0 Å². The van der Waals surface area contributed by atoms with E-state index in [0.29, 0.717) is 5.92 Å². The molecule has 1 aliphatic carbocycles. The highest BCUT2D eigenvalue weighted by Crippen LogP contribution is 2.71. The minimum atomic E-state index is -0.984. The smallest absolute Gasteiger partial charge is 0.305 e. The number of carbonyl (C=O) groups excluding carboxylic acids is 1. The molecule has 3 nitrogen and oxygen atoms in total. The summed E-state index contributed by atoms with van der Waals surface area (Å²) in [5.41, 5.74) is 1.45. The molecule has 0 amide bonds. The molecule has 22 heavy (non-hydrogen) atoms. The highest BCUT2D eigenvalue weighted by atomic mass is 16.8. The Hall–Kier alpha value is -2.13. The molecule has 0 N–H and O–H groups in total. The SMILES string of the molecule is CC(=O)OC1(c2ccccc2)OC1(c1ccccc1)C1CC1. The number of benzene rings is 2. The van der Waals surface area contributed by atoms with E-state index in [2.05, 4.69) is 12.1 Å². The van der Waals surface area contributed by atoms with Crippen LogP contribution >= 0.6 is 0 Å². The van der Waals surface area contributed by atoms with Crippen molar-refractivity contribution in [1.82, 2.24) is 0 Å². The van der Waals surface area contributed by atoms with Crippen molar-refractivity contribution in [2.75, 3.05) is 0 Å². The van der Waals surface area contributed by atoms with E-state index in [-0.39, 0.29) is 5.97 Å². The molecule has 4 rings (SSSR count). The van der Waals surface area contributed by atoms with Crippen molar-refractivity contribution in [3.8, 4) is 0 Å². The van der Waals surface area contributed by atoms with Crippen molar-refractivity contribution in [1.29, 1.82) is 0 Å². The Morgan fingerprint density at radius 1 is 1.00 bits per heavy atom. The number of hydrogen-bond acceptors (Lipinski definition) is 3. The fraction of sp³-hybridized carbons (Fsp3) is 0.316. The van der Waals surface area contributed by atoms with Gasteiger partial charge in [-0.15, -0.1) is 0 Å². The van der Waals surface area contributed by atoms with Gasteiger partial charge in [0.1, 0.15) is 0 Å². The third kappa shape index (κ3) is 1.82. The van der Waals surface area contributed by atoms with Crippen LogP contribution in [-0.2, 0) is 25.7 Å². The van der Waals surface area contributed by atoms with Crippen molar-refractivity contribution in [3.05, 3.63) is 71.8 Å². The van der Waals surface area contributed by atoms with E-state index in [1.807, 2.05) is 48.5 Å². The van der Waals surface area contributed by atoms with Crippen molar-refractivity contribution >= 4 is 5.97 Å².